The van der Waals surface area contributed by atoms with Gasteiger partial charge in [-0.3, -0.25) is 0 Å². The van der Waals surface area contributed by atoms with Gasteiger partial charge in [-0.2, -0.15) is 10.2 Å². The third-order valence-electron chi connectivity index (χ3n) is 3.63. The van der Waals surface area contributed by atoms with E-state index in [2.05, 4.69) is 15.3 Å². The Hall–Kier alpha value is -2.73. The quantitative estimate of drug-likeness (QED) is 0.580. The SMILES string of the molecule is Cc1ccc(Cl)cc1N=Nc1cnn(Cc2ccc[n+](C)c2)c1N. The van der Waals surface area contributed by atoms with Crippen molar-refractivity contribution in [2.45, 2.75) is 13.5 Å². The zero-order valence-corrected chi connectivity index (χ0v) is 14.3. The van der Waals surface area contributed by atoms with Crippen LogP contribution in [-0.2, 0) is 13.6 Å². The summed E-state index contributed by atoms with van der Waals surface area (Å²) < 4.78 is 3.69. The molecule has 0 aliphatic carbocycles. The molecule has 0 saturated carbocycles. The Labute approximate surface area is 145 Å². The first-order valence-corrected chi connectivity index (χ1v) is 7.84. The Balaban J connectivity index is 1.82. The number of hydrogen-bond acceptors (Lipinski definition) is 4. The molecule has 1 aromatic carbocycles. The van der Waals surface area contributed by atoms with Gasteiger partial charge in [-0.25, -0.2) is 9.25 Å². The lowest BCUT2D eigenvalue weighted by Gasteiger charge is -2.03. The van der Waals surface area contributed by atoms with Crippen LogP contribution in [0.1, 0.15) is 11.1 Å². The number of anilines is 1. The molecule has 2 aromatic heterocycles. The van der Waals surface area contributed by atoms with E-state index in [0.29, 0.717) is 28.8 Å². The summed E-state index contributed by atoms with van der Waals surface area (Å²) >= 11 is 5.99. The highest BCUT2D eigenvalue weighted by Crippen LogP contribution is 2.28. The molecule has 0 amide bonds. The van der Waals surface area contributed by atoms with Gasteiger partial charge in [-0.1, -0.05) is 17.7 Å². The molecule has 0 saturated heterocycles. The molecule has 0 aliphatic heterocycles. The van der Waals surface area contributed by atoms with Gasteiger partial charge >= 0.3 is 0 Å². The van der Waals surface area contributed by atoms with Gasteiger partial charge in [0.15, 0.2) is 12.4 Å². The molecule has 7 heteroatoms. The van der Waals surface area contributed by atoms with Gasteiger partial charge in [0.25, 0.3) is 0 Å². The normalized spacial score (nSPS) is 11.3. The highest BCUT2D eigenvalue weighted by Gasteiger charge is 2.09. The molecular weight excluding hydrogens is 324 g/mol. The van der Waals surface area contributed by atoms with Crippen LogP contribution in [0.4, 0.5) is 17.2 Å². The minimum atomic E-state index is 0.477. The molecule has 2 heterocycles. The van der Waals surface area contributed by atoms with Crippen molar-refractivity contribution in [2.75, 3.05) is 5.73 Å². The first kappa shape index (κ1) is 16.1. The minimum Gasteiger partial charge on any atom is -0.382 e. The number of azo groups is 1. The van der Waals surface area contributed by atoms with Crippen LogP contribution in [0.15, 0.2) is 59.2 Å². The van der Waals surface area contributed by atoms with Crippen molar-refractivity contribution in [1.82, 2.24) is 9.78 Å². The van der Waals surface area contributed by atoms with Crippen LogP contribution < -0.4 is 10.3 Å². The monoisotopic (exact) mass is 341 g/mol. The number of aryl methyl sites for hydroxylation is 2. The van der Waals surface area contributed by atoms with Gasteiger partial charge in [0, 0.05) is 16.7 Å². The summed E-state index contributed by atoms with van der Waals surface area (Å²) in [5.41, 5.74) is 9.48. The first-order chi connectivity index (χ1) is 11.5. The van der Waals surface area contributed by atoms with Crippen molar-refractivity contribution >= 4 is 28.8 Å². The molecule has 3 rings (SSSR count). The van der Waals surface area contributed by atoms with E-state index in [9.17, 15) is 0 Å². The topological polar surface area (TPSA) is 72.4 Å². The number of aromatic nitrogens is 3. The number of halogens is 1. The minimum absolute atomic E-state index is 0.477. The maximum absolute atomic E-state index is 6.14. The largest absolute Gasteiger partial charge is 0.382 e. The second kappa shape index (κ2) is 6.80. The highest BCUT2D eigenvalue weighted by atomic mass is 35.5. The van der Waals surface area contributed by atoms with Gasteiger partial charge in [-0.15, -0.1) is 5.11 Å². The van der Waals surface area contributed by atoms with Crippen molar-refractivity contribution in [2.24, 2.45) is 17.3 Å². The molecule has 0 bridgehead atoms. The zero-order chi connectivity index (χ0) is 17.1. The van der Waals surface area contributed by atoms with Crippen LogP contribution in [0.25, 0.3) is 0 Å². The lowest BCUT2D eigenvalue weighted by atomic mass is 10.2. The molecule has 0 fully saturated rings. The average Bonchev–Trinajstić information content (AvgIpc) is 2.89. The number of rotatable bonds is 4. The number of nitrogens with two attached hydrogens (primary N) is 1. The standard InChI is InChI=1S/C17H18ClN6/c1-12-5-6-14(18)8-15(12)21-22-16-9-20-24(17(16)19)11-13-4-3-7-23(2)10-13/h3-10H,11,19H2,1-2H3/q+1. The molecule has 122 valence electrons. The molecule has 3 aromatic rings. The molecular formula is C17H18ClN6+. The van der Waals surface area contributed by atoms with Crippen LogP contribution in [0, 0.1) is 6.92 Å². The summed E-state index contributed by atoms with van der Waals surface area (Å²) in [4.78, 5) is 0. The number of pyridine rings is 1. The van der Waals surface area contributed by atoms with Crippen molar-refractivity contribution in [3.8, 4) is 0 Å². The fourth-order valence-electron chi connectivity index (χ4n) is 2.30. The lowest BCUT2D eigenvalue weighted by Crippen LogP contribution is -2.27. The fourth-order valence-corrected chi connectivity index (χ4v) is 2.47. The Morgan fingerprint density at radius 3 is 2.83 bits per heavy atom. The van der Waals surface area contributed by atoms with E-state index < -0.39 is 0 Å². The van der Waals surface area contributed by atoms with E-state index in [4.69, 9.17) is 17.3 Å². The third kappa shape index (κ3) is 3.60. The summed E-state index contributed by atoms with van der Waals surface area (Å²) in [6.45, 7) is 2.53. The summed E-state index contributed by atoms with van der Waals surface area (Å²) in [6.07, 6.45) is 5.61. The lowest BCUT2D eigenvalue weighted by molar-refractivity contribution is -0.671. The van der Waals surface area contributed by atoms with Gasteiger partial charge in [0.2, 0.25) is 0 Å². The van der Waals surface area contributed by atoms with Gasteiger partial charge in [0.05, 0.1) is 18.4 Å². The van der Waals surface area contributed by atoms with E-state index in [1.165, 1.54) is 0 Å². The van der Waals surface area contributed by atoms with Crippen LogP contribution in [0.3, 0.4) is 0 Å². The van der Waals surface area contributed by atoms with Crippen LogP contribution in [0.5, 0.6) is 0 Å². The smallest absolute Gasteiger partial charge is 0.173 e. The van der Waals surface area contributed by atoms with E-state index in [0.717, 1.165) is 11.1 Å². The Morgan fingerprint density at radius 1 is 1.25 bits per heavy atom. The van der Waals surface area contributed by atoms with Crippen LogP contribution in [-0.4, -0.2) is 9.78 Å². The molecule has 0 spiro atoms. The van der Waals surface area contributed by atoms with Gasteiger partial charge in [0.1, 0.15) is 18.6 Å². The van der Waals surface area contributed by atoms with Crippen LogP contribution in [0.2, 0.25) is 5.02 Å². The molecule has 0 aliphatic rings. The Morgan fingerprint density at radius 2 is 2.04 bits per heavy atom. The summed E-state index contributed by atoms with van der Waals surface area (Å²) in [5, 5.41) is 13.4. The fraction of sp³-hybridized carbons (Fsp3) is 0.176. The van der Waals surface area contributed by atoms with Gasteiger partial charge < -0.3 is 5.73 Å². The summed E-state index contributed by atoms with van der Waals surface area (Å²) in [5.74, 6) is 0.477. The van der Waals surface area contributed by atoms with E-state index in [1.807, 2.05) is 55.2 Å². The number of benzene rings is 1. The van der Waals surface area contributed by atoms with E-state index in [-0.39, 0.29) is 0 Å². The maximum atomic E-state index is 6.14. The Kier molecular flexibility index (Phi) is 4.57. The average molecular weight is 342 g/mol. The zero-order valence-electron chi connectivity index (χ0n) is 13.5. The van der Waals surface area contributed by atoms with Crippen molar-refractivity contribution < 1.29 is 4.57 Å². The third-order valence-corrected chi connectivity index (χ3v) is 3.86. The molecule has 0 radical (unpaired) electrons. The molecule has 24 heavy (non-hydrogen) atoms. The van der Waals surface area contributed by atoms with E-state index >= 15 is 0 Å². The first-order valence-electron chi connectivity index (χ1n) is 7.46. The predicted molar refractivity (Wildman–Crippen MR) is 93.7 cm³/mol. The molecule has 0 unspecified atom stereocenters. The number of hydrogen-bond donors (Lipinski definition) is 1. The highest BCUT2D eigenvalue weighted by molar-refractivity contribution is 6.30. The Bertz CT molecular complexity index is 900. The second-order valence-electron chi connectivity index (χ2n) is 5.58. The summed E-state index contributed by atoms with van der Waals surface area (Å²) in [6, 6.07) is 9.50. The maximum Gasteiger partial charge on any atom is 0.173 e. The summed E-state index contributed by atoms with van der Waals surface area (Å²) in [7, 11) is 1.98. The van der Waals surface area contributed by atoms with Crippen LogP contribution >= 0.6 is 11.6 Å². The van der Waals surface area contributed by atoms with Gasteiger partial charge in [-0.05, 0) is 30.7 Å². The number of nitrogens with zero attached hydrogens (tertiary/aromatic N) is 5. The second-order valence-corrected chi connectivity index (χ2v) is 6.02. The van der Waals surface area contributed by atoms with Crippen molar-refractivity contribution in [1.29, 1.82) is 0 Å². The predicted octanol–water partition coefficient (Wildman–Crippen LogP) is 3.72. The molecule has 6 nitrogen and oxygen atoms in total. The van der Waals surface area contributed by atoms with E-state index in [1.54, 1.807) is 16.9 Å². The van der Waals surface area contributed by atoms with Crippen molar-refractivity contribution in [3.63, 3.8) is 0 Å². The molecule has 2 N–H and O–H groups in total. The molecule has 0 atom stereocenters. The van der Waals surface area contributed by atoms with Crippen molar-refractivity contribution in [3.05, 3.63) is 65.1 Å². The number of nitrogen functional groups attached to an aromatic ring is 1.